The van der Waals surface area contributed by atoms with E-state index in [2.05, 4.69) is 38.6 Å². The molecule has 1 fully saturated rings. The smallest absolute Gasteiger partial charge is 0.490 e. The van der Waals surface area contributed by atoms with Crippen LogP contribution in [0.3, 0.4) is 0 Å². The number of carbonyl (C=O) groups excluding carboxylic acids is 1. The number of halogens is 3. The number of hydrogen-bond acceptors (Lipinski definition) is 6. The van der Waals surface area contributed by atoms with Crippen LogP contribution in [0.15, 0.2) is 60.7 Å². The highest BCUT2D eigenvalue weighted by Gasteiger charge is 2.65. The van der Waals surface area contributed by atoms with Crippen LogP contribution in [-0.2, 0) is 15.0 Å². The monoisotopic (exact) mass is 582 g/mol. The van der Waals surface area contributed by atoms with Gasteiger partial charge >= 0.3 is 12.1 Å². The number of methoxy groups -OCH3 is 1. The maximum atomic E-state index is 13.0. The molecule has 1 aromatic heterocycles. The molecule has 2 atom stereocenters. The van der Waals surface area contributed by atoms with Crippen molar-refractivity contribution in [2.45, 2.75) is 23.9 Å². The molecule has 9 nitrogen and oxygen atoms in total. The second kappa shape index (κ2) is 11.0. The van der Waals surface area contributed by atoms with Crippen molar-refractivity contribution in [2.24, 2.45) is 0 Å². The Balaban J connectivity index is 0.000000451. The van der Waals surface area contributed by atoms with E-state index in [0.29, 0.717) is 6.61 Å². The number of benzene rings is 3. The van der Waals surface area contributed by atoms with E-state index in [9.17, 15) is 18.0 Å². The molecule has 1 aliphatic heterocycles. The molecule has 1 spiro atoms. The zero-order valence-electron chi connectivity index (χ0n) is 23.1. The fourth-order valence-corrected chi connectivity index (χ4v) is 5.23. The minimum Gasteiger partial charge on any atom is -0.497 e. The molecule has 220 valence electrons. The van der Waals surface area contributed by atoms with Gasteiger partial charge in [-0.3, -0.25) is 9.89 Å². The van der Waals surface area contributed by atoms with Crippen molar-refractivity contribution in [3.63, 3.8) is 0 Å². The van der Waals surface area contributed by atoms with Gasteiger partial charge in [0.15, 0.2) is 0 Å². The average molecular weight is 583 g/mol. The number of carbonyl (C=O) groups is 2. The van der Waals surface area contributed by atoms with Crippen LogP contribution >= 0.6 is 0 Å². The predicted molar refractivity (Wildman–Crippen MR) is 150 cm³/mol. The number of rotatable bonds is 7. The summed E-state index contributed by atoms with van der Waals surface area (Å²) in [7, 11) is 5.71. The van der Waals surface area contributed by atoms with E-state index in [4.69, 9.17) is 19.4 Å². The fourth-order valence-electron chi connectivity index (χ4n) is 5.23. The number of ether oxygens (including phenoxy) is 2. The van der Waals surface area contributed by atoms with Crippen molar-refractivity contribution in [2.75, 3.05) is 39.7 Å². The zero-order chi connectivity index (χ0) is 30.2. The lowest BCUT2D eigenvalue weighted by Gasteiger charge is -2.11. The topological polar surface area (TPSA) is 117 Å². The number of nitrogens with zero attached hydrogens (tertiary/aromatic N) is 2. The maximum absolute atomic E-state index is 13.0. The number of amides is 1. The lowest BCUT2D eigenvalue weighted by molar-refractivity contribution is -0.192. The Hall–Kier alpha value is -4.58. The molecule has 2 heterocycles. The van der Waals surface area contributed by atoms with Gasteiger partial charge in [0.2, 0.25) is 5.91 Å². The van der Waals surface area contributed by atoms with Crippen molar-refractivity contribution in [3.8, 4) is 22.8 Å². The molecular weight excluding hydrogens is 553 g/mol. The Kier molecular flexibility index (Phi) is 7.58. The minimum absolute atomic E-state index is 0.0732. The van der Waals surface area contributed by atoms with Gasteiger partial charge in [-0.15, -0.1) is 0 Å². The zero-order valence-corrected chi connectivity index (χ0v) is 23.1. The Bertz CT molecular complexity index is 1630. The van der Waals surface area contributed by atoms with E-state index in [1.165, 1.54) is 0 Å². The Morgan fingerprint density at radius 1 is 1.10 bits per heavy atom. The minimum atomic E-state index is -5.08. The number of carboxylic acid groups (broad SMARTS) is 1. The van der Waals surface area contributed by atoms with Crippen molar-refractivity contribution in [1.82, 2.24) is 15.1 Å². The number of nitrogens with one attached hydrogen (secondary N) is 2. The van der Waals surface area contributed by atoms with Crippen LogP contribution in [0.4, 0.5) is 18.9 Å². The number of alkyl halides is 3. The second-order valence-corrected chi connectivity index (χ2v) is 10.4. The lowest BCUT2D eigenvalue weighted by atomic mass is 9.91. The summed E-state index contributed by atoms with van der Waals surface area (Å²) >= 11 is 0. The molecular formula is C30H29F3N4O5. The van der Waals surface area contributed by atoms with Crippen LogP contribution in [0.5, 0.6) is 11.5 Å². The van der Waals surface area contributed by atoms with Crippen LogP contribution in [0.2, 0.25) is 0 Å². The molecule has 3 N–H and O–H groups in total. The van der Waals surface area contributed by atoms with Crippen molar-refractivity contribution >= 4 is 28.5 Å². The van der Waals surface area contributed by atoms with E-state index >= 15 is 0 Å². The van der Waals surface area contributed by atoms with E-state index in [1.807, 2.05) is 56.6 Å². The van der Waals surface area contributed by atoms with Gasteiger partial charge in [-0.2, -0.15) is 18.3 Å². The first-order chi connectivity index (χ1) is 19.9. The van der Waals surface area contributed by atoms with Crippen molar-refractivity contribution in [1.29, 1.82) is 0 Å². The molecule has 1 amide bonds. The van der Waals surface area contributed by atoms with Gasteiger partial charge in [-0.05, 0) is 80.2 Å². The van der Waals surface area contributed by atoms with Crippen LogP contribution in [0.1, 0.15) is 23.5 Å². The molecule has 0 bridgehead atoms. The van der Waals surface area contributed by atoms with Crippen LogP contribution in [-0.4, -0.2) is 72.6 Å². The van der Waals surface area contributed by atoms with E-state index in [-0.39, 0.29) is 11.8 Å². The van der Waals surface area contributed by atoms with Gasteiger partial charge in [0, 0.05) is 29.1 Å². The first-order valence-electron chi connectivity index (χ1n) is 13.1. The van der Waals surface area contributed by atoms with Crippen molar-refractivity contribution in [3.05, 3.63) is 71.8 Å². The van der Waals surface area contributed by atoms with Gasteiger partial charge in [0.05, 0.1) is 23.7 Å². The molecule has 6 rings (SSSR count). The Morgan fingerprint density at radius 2 is 1.79 bits per heavy atom. The third-order valence-corrected chi connectivity index (χ3v) is 7.49. The number of fused-ring (bicyclic) bond motifs is 3. The predicted octanol–water partition coefficient (Wildman–Crippen LogP) is 5.19. The van der Waals surface area contributed by atoms with Gasteiger partial charge in [-0.1, -0.05) is 12.1 Å². The second-order valence-electron chi connectivity index (χ2n) is 10.4. The van der Waals surface area contributed by atoms with Gasteiger partial charge < -0.3 is 24.8 Å². The summed E-state index contributed by atoms with van der Waals surface area (Å²) in [6.45, 7) is 1.52. The molecule has 2 aliphatic rings. The summed E-state index contributed by atoms with van der Waals surface area (Å²) in [4.78, 5) is 24.0. The van der Waals surface area contributed by atoms with Crippen molar-refractivity contribution < 1.29 is 37.3 Å². The number of hydrogen-bond donors (Lipinski definition) is 3. The Morgan fingerprint density at radius 3 is 2.43 bits per heavy atom. The summed E-state index contributed by atoms with van der Waals surface area (Å²) in [6, 6.07) is 20.2. The number of aromatic nitrogens is 2. The third kappa shape index (κ3) is 5.49. The van der Waals surface area contributed by atoms with Crippen LogP contribution in [0.25, 0.3) is 22.2 Å². The van der Waals surface area contributed by atoms with Gasteiger partial charge in [0.1, 0.15) is 18.1 Å². The summed E-state index contributed by atoms with van der Waals surface area (Å²) in [5.41, 5.74) is 5.46. The SMILES string of the molecule is COc1ccc2c(c1)[C@]1(C[C@H]1c1ccc3c(-c4ccc(OCCN(C)C)cc4)n[nH]c3c1)C(=O)N2.O=C(O)C(F)(F)F. The number of H-pyrrole nitrogens is 1. The summed E-state index contributed by atoms with van der Waals surface area (Å²) in [5, 5.41) is 19.0. The third-order valence-electron chi connectivity index (χ3n) is 7.49. The molecule has 3 aromatic carbocycles. The highest BCUT2D eigenvalue weighted by molar-refractivity contribution is 6.10. The molecule has 12 heteroatoms. The molecule has 1 aliphatic carbocycles. The number of carboxylic acids is 1. The van der Waals surface area contributed by atoms with E-state index in [0.717, 1.165) is 63.4 Å². The van der Waals surface area contributed by atoms with E-state index < -0.39 is 17.6 Å². The normalized spacial score (nSPS) is 18.8. The first kappa shape index (κ1) is 28.9. The highest BCUT2D eigenvalue weighted by Crippen LogP contribution is 2.65. The number of aliphatic carboxylic acids is 1. The van der Waals surface area contributed by atoms with Crippen LogP contribution in [0, 0.1) is 0 Å². The molecule has 0 unspecified atom stereocenters. The first-order valence-corrected chi connectivity index (χ1v) is 13.1. The summed E-state index contributed by atoms with van der Waals surface area (Å²) < 4.78 is 43.0. The number of likely N-dealkylation sites (N-methyl/N-ethyl adjacent to an activating group) is 1. The fraction of sp³-hybridized carbons (Fsp3) is 0.300. The average Bonchev–Trinajstić information content (AvgIpc) is 3.47. The van der Waals surface area contributed by atoms with E-state index in [1.54, 1.807) is 7.11 Å². The standard InChI is InChI=1S/C28H28N4O3.C2HF3O2/c1-32(2)12-13-35-19-7-4-17(5-8-19)26-21-10-6-18(14-25(21)30-31-26)23-16-28(23)22-15-20(34-3)9-11-24(22)29-27(28)33;3-2(4,5)1(6)7/h4-11,14-15,23H,12-13,16H2,1-3H3,(H,29,33)(H,30,31);(H,6,7)/t23-,28-;/m0./s1. The lowest BCUT2D eigenvalue weighted by Crippen LogP contribution is -2.21. The molecule has 0 saturated heterocycles. The quantitative estimate of drug-likeness (QED) is 0.275. The highest BCUT2D eigenvalue weighted by atomic mass is 19.4. The van der Waals surface area contributed by atoms with Crippen LogP contribution < -0.4 is 14.8 Å². The molecule has 4 aromatic rings. The Labute approximate surface area is 239 Å². The summed E-state index contributed by atoms with van der Waals surface area (Å²) in [5.74, 6) is -0.932. The number of aromatic amines is 1. The molecule has 1 saturated carbocycles. The maximum Gasteiger partial charge on any atom is 0.490 e. The van der Waals surface area contributed by atoms with Gasteiger partial charge in [0.25, 0.3) is 0 Å². The molecule has 42 heavy (non-hydrogen) atoms. The summed E-state index contributed by atoms with van der Waals surface area (Å²) in [6.07, 6.45) is -4.29. The largest absolute Gasteiger partial charge is 0.497 e. The molecule has 0 radical (unpaired) electrons. The number of anilines is 1. The van der Waals surface area contributed by atoms with Gasteiger partial charge in [-0.25, -0.2) is 4.79 Å².